The Morgan fingerprint density at radius 1 is 1.23 bits per heavy atom. The van der Waals surface area contributed by atoms with Crippen LogP contribution in [0, 0.1) is 0 Å². The number of amides is 1. The molecule has 0 aromatic heterocycles. The lowest BCUT2D eigenvalue weighted by Gasteiger charge is -2.37. The third-order valence-electron chi connectivity index (χ3n) is 4.43. The van der Waals surface area contributed by atoms with Crippen molar-refractivity contribution in [1.82, 2.24) is 9.80 Å². The minimum absolute atomic E-state index is 0.225. The van der Waals surface area contributed by atoms with Gasteiger partial charge in [0.05, 0.1) is 5.56 Å². The Bertz CT molecular complexity index is 618. The quantitative estimate of drug-likeness (QED) is 0.781. The van der Waals surface area contributed by atoms with Gasteiger partial charge in [0, 0.05) is 25.7 Å². The second kappa shape index (κ2) is 7.86. The molecule has 4 nitrogen and oxygen atoms in total. The summed E-state index contributed by atoms with van der Waals surface area (Å²) in [5.41, 5.74) is -0.506. The number of hydrogen-bond acceptors (Lipinski definition) is 3. The normalized spacial score (nSPS) is 16.8. The summed E-state index contributed by atoms with van der Waals surface area (Å²) in [6.07, 6.45) is -3.09. The first-order valence-electron chi connectivity index (χ1n) is 8.80. The minimum atomic E-state index is -4.33. The molecule has 0 bridgehead atoms. The van der Waals surface area contributed by atoms with E-state index >= 15 is 0 Å². The fourth-order valence-electron chi connectivity index (χ4n) is 3.08. The number of rotatable bonds is 3. The van der Waals surface area contributed by atoms with Crippen molar-refractivity contribution in [3.8, 4) is 0 Å². The standard InChI is InChI=1S/C19H27F3N2O2/c1-18(2,3)26-17(25)24-10-8-16(9-11-24)23(4)13-14-6-5-7-15(12-14)19(20,21)22/h5-7,12,16H,8-11,13H2,1-4H3. The molecule has 1 saturated heterocycles. The average Bonchev–Trinajstić information content (AvgIpc) is 2.53. The Kier molecular flexibility index (Phi) is 6.21. The molecule has 0 aliphatic carbocycles. The number of alkyl halides is 3. The molecule has 2 rings (SSSR count). The number of halogens is 3. The molecular weight excluding hydrogens is 345 g/mol. The molecule has 0 saturated carbocycles. The second-order valence-electron chi connectivity index (χ2n) is 7.81. The first kappa shape index (κ1) is 20.6. The summed E-state index contributed by atoms with van der Waals surface area (Å²) in [7, 11) is 1.91. The maximum absolute atomic E-state index is 12.8. The SMILES string of the molecule is CN(Cc1cccc(C(F)(F)F)c1)C1CCN(C(=O)OC(C)(C)C)CC1. The monoisotopic (exact) mass is 372 g/mol. The van der Waals surface area contributed by atoms with Gasteiger partial charge < -0.3 is 9.64 Å². The molecule has 1 amide bonds. The molecule has 146 valence electrons. The molecule has 0 unspecified atom stereocenters. The number of nitrogens with zero attached hydrogens (tertiary/aromatic N) is 2. The molecule has 1 aliphatic rings. The zero-order valence-electron chi connectivity index (χ0n) is 15.8. The van der Waals surface area contributed by atoms with Gasteiger partial charge in [0.25, 0.3) is 0 Å². The van der Waals surface area contributed by atoms with Crippen LogP contribution in [0.25, 0.3) is 0 Å². The van der Waals surface area contributed by atoms with E-state index in [1.165, 1.54) is 12.1 Å². The number of carbonyl (C=O) groups excluding carboxylic acids is 1. The zero-order chi connectivity index (χ0) is 19.5. The number of ether oxygens (including phenoxy) is 1. The van der Waals surface area contributed by atoms with Crippen molar-refractivity contribution in [1.29, 1.82) is 0 Å². The van der Waals surface area contributed by atoms with Gasteiger partial charge in [-0.3, -0.25) is 4.90 Å². The van der Waals surface area contributed by atoms with E-state index in [2.05, 4.69) is 4.90 Å². The minimum Gasteiger partial charge on any atom is -0.444 e. The second-order valence-corrected chi connectivity index (χ2v) is 7.81. The van der Waals surface area contributed by atoms with Crippen molar-refractivity contribution in [3.63, 3.8) is 0 Å². The Hall–Kier alpha value is -1.76. The molecule has 1 aromatic carbocycles. The van der Waals surface area contributed by atoms with Crippen molar-refractivity contribution >= 4 is 6.09 Å². The molecule has 1 aromatic rings. The lowest BCUT2D eigenvalue weighted by Crippen LogP contribution is -2.46. The highest BCUT2D eigenvalue weighted by atomic mass is 19.4. The van der Waals surface area contributed by atoms with E-state index in [9.17, 15) is 18.0 Å². The number of carbonyl (C=O) groups is 1. The summed E-state index contributed by atoms with van der Waals surface area (Å²) < 4.78 is 43.9. The topological polar surface area (TPSA) is 32.8 Å². The Balaban J connectivity index is 1.89. The van der Waals surface area contributed by atoms with E-state index < -0.39 is 17.3 Å². The highest BCUT2D eigenvalue weighted by molar-refractivity contribution is 5.68. The molecule has 0 atom stereocenters. The number of likely N-dealkylation sites (tertiary alicyclic amines) is 1. The van der Waals surface area contributed by atoms with E-state index in [-0.39, 0.29) is 12.1 Å². The summed E-state index contributed by atoms with van der Waals surface area (Å²) in [5.74, 6) is 0. The molecular formula is C19H27F3N2O2. The molecule has 7 heteroatoms. The van der Waals surface area contributed by atoms with Gasteiger partial charge in [0.2, 0.25) is 0 Å². The van der Waals surface area contributed by atoms with Crippen LogP contribution >= 0.6 is 0 Å². The van der Waals surface area contributed by atoms with Crippen molar-refractivity contribution in [2.45, 2.75) is 58.0 Å². The van der Waals surface area contributed by atoms with Crippen molar-refractivity contribution < 1.29 is 22.7 Å². The molecule has 1 heterocycles. The van der Waals surface area contributed by atoms with Gasteiger partial charge in [0.15, 0.2) is 0 Å². The zero-order valence-corrected chi connectivity index (χ0v) is 15.8. The summed E-state index contributed by atoms with van der Waals surface area (Å²) >= 11 is 0. The van der Waals surface area contributed by atoms with Gasteiger partial charge >= 0.3 is 12.3 Å². The third-order valence-corrected chi connectivity index (χ3v) is 4.43. The largest absolute Gasteiger partial charge is 0.444 e. The van der Waals surface area contributed by atoms with Crippen molar-refractivity contribution in [3.05, 3.63) is 35.4 Å². The maximum atomic E-state index is 12.8. The predicted octanol–water partition coefficient (Wildman–Crippen LogP) is 4.54. The third kappa shape index (κ3) is 5.90. The van der Waals surface area contributed by atoms with Gasteiger partial charge in [-0.15, -0.1) is 0 Å². The van der Waals surface area contributed by atoms with E-state index in [4.69, 9.17) is 4.74 Å². The number of piperidine rings is 1. The van der Waals surface area contributed by atoms with Gasteiger partial charge in [0.1, 0.15) is 5.60 Å². The highest BCUT2D eigenvalue weighted by Gasteiger charge is 2.31. The van der Waals surface area contributed by atoms with Gasteiger partial charge in [-0.05, 0) is 52.3 Å². The van der Waals surface area contributed by atoms with E-state index in [0.717, 1.165) is 18.9 Å². The number of hydrogen-bond donors (Lipinski definition) is 0. The molecule has 1 aliphatic heterocycles. The predicted molar refractivity (Wildman–Crippen MR) is 93.7 cm³/mol. The molecule has 26 heavy (non-hydrogen) atoms. The Labute approximate surface area is 152 Å². The summed E-state index contributed by atoms with van der Waals surface area (Å²) in [6, 6.07) is 5.66. The summed E-state index contributed by atoms with van der Waals surface area (Å²) in [5, 5.41) is 0. The van der Waals surface area contributed by atoms with Crippen LogP contribution in [0.15, 0.2) is 24.3 Å². The first-order chi connectivity index (χ1) is 12.0. The molecule has 1 fully saturated rings. The lowest BCUT2D eigenvalue weighted by molar-refractivity contribution is -0.137. The van der Waals surface area contributed by atoms with E-state index in [1.807, 2.05) is 27.8 Å². The van der Waals surface area contributed by atoms with Crippen LogP contribution in [0.2, 0.25) is 0 Å². The number of benzene rings is 1. The molecule has 0 spiro atoms. The highest BCUT2D eigenvalue weighted by Crippen LogP contribution is 2.30. The maximum Gasteiger partial charge on any atom is 0.416 e. The smallest absolute Gasteiger partial charge is 0.416 e. The fourth-order valence-corrected chi connectivity index (χ4v) is 3.08. The fraction of sp³-hybridized carbons (Fsp3) is 0.632. The first-order valence-corrected chi connectivity index (χ1v) is 8.80. The van der Waals surface area contributed by atoms with Crippen LogP contribution in [-0.2, 0) is 17.5 Å². The van der Waals surface area contributed by atoms with Crippen LogP contribution in [0.5, 0.6) is 0 Å². The van der Waals surface area contributed by atoms with Gasteiger partial charge in [-0.25, -0.2) is 4.79 Å². The van der Waals surface area contributed by atoms with Crippen LogP contribution in [-0.4, -0.2) is 47.7 Å². The average molecular weight is 372 g/mol. The molecule has 0 N–H and O–H groups in total. The Morgan fingerprint density at radius 2 is 1.85 bits per heavy atom. The molecule has 0 radical (unpaired) electrons. The van der Waals surface area contributed by atoms with Crippen molar-refractivity contribution in [2.75, 3.05) is 20.1 Å². The van der Waals surface area contributed by atoms with Crippen LogP contribution in [0.3, 0.4) is 0 Å². The summed E-state index contributed by atoms with van der Waals surface area (Å²) in [6.45, 7) is 7.13. The van der Waals surface area contributed by atoms with Crippen molar-refractivity contribution in [2.24, 2.45) is 0 Å². The summed E-state index contributed by atoms with van der Waals surface area (Å²) in [4.78, 5) is 15.8. The van der Waals surface area contributed by atoms with Crippen LogP contribution < -0.4 is 0 Å². The van der Waals surface area contributed by atoms with E-state index in [0.29, 0.717) is 25.2 Å². The van der Waals surface area contributed by atoms with Gasteiger partial charge in [-0.1, -0.05) is 18.2 Å². The lowest BCUT2D eigenvalue weighted by atomic mass is 10.0. The van der Waals surface area contributed by atoms with Gasteiger partial charge in [-0.2, -0.15) is 13.2 Å². The van der Waals surface area contributed by atoms with Crippen LogP contribution in [0.4, 0.5) is 18.0 Å². The Morgan fingerprint density at radius 3 is 2.38 bits per heavy atom. The van der Waals surface area contributed by atoms with Crippen LogP contribution in [0.1, 0.15) is 44.7 Å². The van der Waals surface area contributed by atoms with E-state index in [1.54, 1.807) is 11.0 Å².